The fourth-order valence-electron chi connectivity index (χ4n) is 3.87. The van der Waals surface area contributed by atoms with Crippen LogP contribution >= 0.6 is 0 Å². The van der Waals surface area contributed by atoms with E-state index in [2.05, 4.69) is 15.3 Å². The van der Waals surface area contributed by atoms with Crippen molar-refractivity contribution in [2.45, 2.75) is 25.7 Å². The second-order valence-electron chi connectivity index (χ2n) is 7.22. The normalized spacial score (nSPS) is 15.5. The van der Waals surface area contributed by atoms with Crippen LogP contribution in [0.25, 0.3) is 0 Å². The molecule has 1 aliphatic carbocycles. The van der Waals surface area contributed by atoms with Gasteiger partial charge >= 0.3 is 0 Å². The van der Waals surface area contributed by atoms with Crippen LogP contribution in [0.15, 0.2) is 42.5 Å². The Morgan fingerprint density at radius 3 is 2.50 bits per heavy atom. The number of Topliss-reactive ketones (excluding diaryl/α,β-unsaturated/α-hetero) is 1. The SMILES string of the molecule is COc1ccc(C2CC(=O)c3c(C)nc(Nc4ccc(F)cc4)nc3C2)c(OC)c1. The van der Waals surface area contributed by atoms with E-state index in [9.17, 15) is 9.18 Å². The van der Waals surface area contributed by atoms with E-state index in [1.807, 2.05) is 25.1 Å². The van der Waals surface area contributed by atoms with Crippen LogP contribution in [-0.4, -0.2) is 30.0 Å². The molecule has 0 amide bonds. The summed E-state index contributed by atoms with van der Waals surface area (Å²) in [4.78, 5) is 21.9. The average Bonchev–Trinajstić information content (AvgIpc) is 2.74. The van der Waals surface area contributed by atoms with Gasteiger partial charge in [-0.05, 0) is 49.2 Å². The summed E-state index contributed by atoms with van der Waals surface area (Å²) in [6.07, 6.45) is 0.954. The van der Waals surface area contributed by atoms with Crippen molar-refractivity contribution in [1.82, 2.24) is 9.97 Å². The van der Waals surface area contributed by atoms with Crippen LogP contribution in [-0.2, 0) is 6.42 Å². The molecule has 1 N–H and O–H groups in total. The lowest BCUT2D eigenvalue weighted by atomic mass is 9.81. The number of ketones is 1. The topological polar surface area (TPSA) is 73.3 Å². The van der Waals surface area contributed by atoms with Crippen LogP contribution in [0, 0.1) is 12.7 Å². The minimum Gasteiger partial charge on any atom is -0.497 e. The number of carbonyl (C=O) groups is 1. The number of halogens is 1. The van der Waals surface area contributed by atoms with Crippen molar-refractivity contribution < 1.29 is 18.7 Å². The van der Waals surface area contributed by atoms with Gasteiger partial charge in [0.1, 0.15) is 17.3 Å². The summed E-state index contributed by atoms with van der Waals surface area (Å²) in [5.41, 5.74) is 3.54. The molecule has 0 aliphatic heterocycles. The van der Waals surface area contributed by atoms with E-state index in [-0.39, 0.29) is 17.5 Å². The molecule has 1 heterocycles. The summed E-state index contributed by atoms with van der Waals surface area (Å²) in [7, 11) is 3.21. The molecular weight excluding hydrogens is 385 g/mol. The van der Waals surface area contributed by atoms with E-state index in [1.165, 1.54) is 12.1 Å². The van der Waals surface area contributed by atoms with E-state index in [0.717, 1.165) is 5.56 Å². The quantitative estimate of drug-likeness (QED) is 0.667. The Balaban J connectivity index is 1.67. The second-order valence-corrected chi connectivity index (χ2v) is 7.22. The van der Waals surface area contributed by atoms with Crippen molar-refractivity contribution in [3.05, 3.63) is 70.8 Å². The summed E-state index contributed by atoms with van der Waals surface area (Å²) in [6, 6.07) is 11.6. The number of rotatable bonds is 5. The summed E-state index contributed by atoms with van der Waals surface area (Å²) in [5.74, 6) is 1.41. The highest BCUT2D eigenvalue weighted by Gasteiger charge is 2.31. The predicted molar refractivity (Wildman–Crippen MR) is 111 cm³/mol. The highest BCUT2D eigenvalue weighted by Crippen LogP contribution is 2.39. The van der Waals surface area contributed by atoms with Gasteiger partial charge < -0.3 is 14.8 Å². The fraction of sp³-hybridized carbons (Fsp3) is 0.261. The number of aryl methyl sites for hydroxylation is 1. The first-order chi connectivity index (χ1) is 14.5. The lowest BCUT2D eigenvalue weighted by Crippen LogP contribution is -2.23. The third-order valence-corrected chi connectivity index (χ3v) is 5.30. The first kappa shape index (κ1) is 19.8. The zero-order valence-corrected chi connectivity index (χ0v) is 17.0. The van der Waals surface area contributed by atoms with Gasteiger partial charge in [0.15, 0.2) is 5.78 Å². The zero-order chi connectivity index (χ0) is 21.3. The highest BCUT2D eigenvalue weighted by atomic mass is 19.1. The molecule has 30 heavy (non-hydrogen) atoms. The molecule has 0 spiro atoms. The predicted octanol–water partition coefficient (Wildman–Crippen LogP) is 4.60. The third kappa shape index (κ3) is 3.83. The maximum Gasteiger partial charge on any atom is 0.227 e. The molecule has 0 radical (unpaired) electrons. The third-order valence-electron chi connectivity index (χ3n) is 5.30. The van der Waals surface area contributed by atoms with Crippen molar-refractivity contribution in [1.29, 1.82) is 0 Å². The summed E-state index contributed by atoms with van der Waals surface area (Å²) in [5, 5.41) is 3.09. The van der Waals surface area contributed by atoms with Crippen LogP contribution in [0.3, 0.4) is 0 Å². The van der Waals surface area contributed by atoms with Gasteiger partial charge in [-0.15, -0.1) is 0 Å². The Morgan fingerprint density at radius 1 is 1.03 bits per heavy atom. The van der Waals surface area contributed by atoms with Gasteiger partial charge in [-0.3, -0.25) is 4.79 Å². The number of methoxy groups -OCH3 is 2. The molecule has 1 unspecified atom stereocenters. The van der Waals surface area contributed by atoms with E-state index in [1.54, 1.807) is 26.4 Å². The van der Waals surface area contributed by atoms with Crippen molar-refractivity contribution in [3.8, 4) is 11.5 Å². The van der Waals surface area contributed by atoms with Crippen LogP contribution in [0.1, 0.15) is 39.6 Å². The number of hydrogen-bond donors (Lipinski definition) is 1. The highest BCUT2D eigenvalue weighted by molar-refractivity contribution is 6.00. The number of hydrogen-bond acceptors (Lipinski definition) is 6. The second kappa shape index (κ2) is 8.10. The van der Waals surface area contributed by atoms with Crippen molar-refractivity contribution in [2.24, 2.45) is 0 Å². The number of ether oxygens (including phenoxy) is 2. The van der Waals surface area contributed by atoms with Gasteiger partial charge in [-0.25, -0.2) is 14.4 Å². The van der Waals surface area contributed by atoms with Gasteiger partial charge in [0, 0.05) is 24.1 Å². The Morgan fingerprint density at radius 2 is 1.80 bits per heavy atom. The number of benzene rings is 2. The molecule has 0 saturated heterocycles. The van der Waals surface area contributed by atoms with Crippen LogP contribution in [0.5, 0.6) is 11.5 Å². The zero-order valence-electron chi connectivity index (χ0n) is 17.0. The monoisotopic (exact) mass is 407 g/mol. The van der Waals surface area contributed by atoms with Gasteiger partial charge in [-0.1, -0.05) is 6.07 Å². The Bertz CT molecular complexity index is 1100. The number of aromatic nitrogens is 2. The van der Waals surface area contributed by atoms with E-state index >= 15 is 0 Å². The maximum atomic E-state index is 13.2. The lowest BCUT2D eigenvalue weighted by molar-refractivity contribution is 0.0961. The number of nitrogens with one attached hydrogen (secondary N) is 1. The first-order valence-electron chi connectivity index (χ1n) is 9.63. The number of nitrogens with zero attached hydrogens (tertiary/aromatic N) is 2. The molecule has 1 atom stereocenters. The largest absolute Gasteiger partial charge is 0.497 e. The van der Waals surface area contributed by atoms with Crippen molar-refractivity contribution in [3.63, 3.8) is 0 Å². The van der Waals surface area contributed by atoms with Crippen molar-refractivity contribution in [2.75, 3.05) is 19.5 Å². The van der Waals surface area contributed by atoms with E-state index in [4.69, 9.17) is 9.47 Å². The molecule has 1 aliphatic rings. The van der Waals surface area contributed by atoms with Gasteiger partial charge in [0.2, 0.25) is 5.95 Å². The van der Waals surface area contributed by atoms with Crippen LogP contribution < -0.4 is 14.8 Å². The molecule has 0 bridgehead atoms. The van der Waals surface area contributed by atoms with Crippen LogP contribution in [0.4, 0.5) is 16.0 Å². The Kier molecular flexibility index (Phi) is 5.35. The standard InChI is InChI=1S/C23H22FN3O3/c1-13-22-19(27-23(25-13)26-16-6-4-15(24)5-7-16)10-14(11-20(22)28)18-9-8-17(29-2)12-21(18)30-3/h4-9,12,14H,10-11H2,1-3H3,(H,25,26,27). The lowest BCUT2D eigenvalue weighted by Gasteiger charge is -2.26. The molecule has 0 fully saturated rings. The summed E-state index contributed by atoms with van der Waals surface area (Å²) >= 11 is 0. The Labute approximate surface area is 174 Å². The molecule has 7 heteroatoms. The summed E-state index contributed by atoms with van der Waals surface area (Å²) < 4.78 is 24.0. The Hall–Kier alpha value is -3.48. The minimum absolute atomic E-state index is 0.0185. The number of fused-ring (bicyclic) bond motifs is 1. The van der Waals surface area contributed by atoms with Gasteiger partial charge in [-0.2, -0.15) is 0 Å². The molecule has 154 valence electrons. The van der Waals surface area contributed by atoms with Crippen molar-refractivity contribution >= 4 is 17.4 Å². The molecule has 6 nitrogen and oxygen atoms in total. The molecular formula is C23H22FN3O3. The molecule has 0 saturated carbocycles. The van der Waals surface area contributed by atoms with E-state index in [0.29, 0.717) is 52.9 Å². The average molecular weight is 407 g/mol. The molecule has 3 aromatic rings. The smallest absolute Gasteiger partial charge is 0.227 e. The molecule has 1 aromatic heterocycles. The number of carbonyl (C=O) groups excluding carboxylic acids is 1. The fourth-order valence-corrected chi connectivity index (χ4v) is 3.87. The van der Waals surface area contributed by atoms with Crippen LogP contribution in [0.2, 0.25) is 0 Å². The number of anilines is 2. The summed E-state index contributed by atoms with van der Waals surface area (Å²) in [6.45, 7) is 1.81. The minimum atomic E-state index is -0.315. The first-order valence-corrected chi connectivity index (χ1v) is 9.63. The van der Waals surface area contributed by atoms with E-state index < -0.39 is 0 Å². The molecule has 2 aromatic carbocycles. The molecule has 4 rings (SSSR count). The van der Waals surface area contributed by atoms with Gasteiger partial charge in [0.25, 0.3) is 0 Å². The van der Waals surface area contributed by atoms with Gasteiger partial charge in [0.05, 0.1) is 31.2 Å². The maximum absolute atomic E-state index is 13.2.